The van der Waals surface area contributed by atoms with E-state index < -0.39 is 0 Å². The van der Waals surface area contributed by atoms with E-state index >= 15 is 0 Å². The minimum Gasteiger partial charge on any atom is -0.327 e. The molecule has 1 fully saturated rings. The van der Waals surface area contributed by atoms with Gasteiger partial charge in [-0.15, -0.1) is 11.3 Å². The summed E-state index contributed by atoms with van der Waals surface area (Å²) in [6.45, 7) is 0. The van der Waals surface area contributed by atoms with Gasteiger partial charge in [0.15, 0.2) is 0 Å². The highest BCUT2D eigenvalue weighted by molar-refractivity contribution is 7.18. The molecule has 0 aliphatic heterocycles. The van der Waals surface area contributed by atoms with Gasteiger partial charge in [0.25, 0.3) is 0 Å². The molecule has 0 saturated heterocycles. The Hall–Kier alpha value is -0.930. The Balaban J connectivity index is 1.83. The maximum atomic E-state index is 6.10. The summed E-state index contributed by atoms with van der Waals surface area (Å²) in [6, 6.07) is 8.75. The number of nitrogens with two attached hydrogens (primary N) is 1. The quantitative estimate of drug-likeness (QED) is 0.864. The van der Waals surface area contributed by atoms with Crippen LogP contribution in [0.4, 0.5) is 0 Å². The molecule has 1 aromatic heterocycles. The van der Waals surface area contributed by atoms with Crippen molar-refractivity contribution in [2.45, 2.75) is 31.7 Å². The Labute approximate surface area is 99.5 Å². The predicted molar refractivity (Wildman–Crippen MR) is 68.6 cm³/mol. The molecule has 1 aliphatic rings. The van der Waals surface area contributed by atoms with Gasteiger partial charge < -0.3 is 5.73 Å². The maximum absolute atomic E-state index is 6.10. The van der Waals surface area contributed by atoms with Gasteiger partial charge in [0.05, 0.1) is 15.2 Å². The Bertz CT molecular complexity index is 458. The lowest BCUT2D eigenvalue weighted by molar-refractivity contribution is 0.478. The molecule has 1 aromatic carbocycles. The van der Waals surface area contributed by atoms with Crippen molar-refractivity contribution in [1.29, 1.82) is 0 Å². The lowest BCUT2D eigenvalue weighted by atomic mass is 10.0. The van der Waals surface area contributed by atoms with Crippen LogP contribution in [0.3, 0.4) is 0 Å². The van der Waals surface area contributed by atoms with Crippen LogP contribution in [-0.4, -0.2) is 11.0 Å². The predicted octanol–water partition coefficient (Wildman–Crippen LogP) is 2.97. The second-order valence-corrected chi connectivity index (χ2v) is 5.75. The molecular formula is C13H16N2S. The minimum absolute atomic E-state index is 0.395. The van der Waals surface area contributed by atoms with E-state index in [1.54, 1.807) is 0 Å². The van der Waals surface area contributed by atoms with E-state index in [4.69, 9.17) is 5.73 Å². The number of fused-ring (bicyclic) bond motifs is 1. The van der Waals surface area contributed by atoms with Crippen molar-refractivity contribution in [3.05, 3.63) is 29.3 Å². The zero-order chi connectivity index (χ0) is 11.0. The van der Waals surface area contributed by atoms with E-state index in [1.165, 1.54) is 29.0 Å². The monoisotopic (exact) mass is 232 g/mol. The fourth-order valence-corrected chi connectivity index (χ4v) is 3.61. The molecule has 2 aromatic rings. The number of nitrogens with zero attached hydrogens (tertiary/aromatic N) is 1. The zero-order valence-corrected chi connectivity index (χ0v) is 10.0. The first-order valence-corrected chi connectivity index (χ1v) is 6.74. The second kappa shape index (κ2) is 4.15. The van der Waals surface area contributed by atoms with E-state index in [0.29, 0.717) is 12.0 Å². The van der Waals surface area contributed by atoms with Crippen LogP contribution in [0.15, 0.2) is 24.3 Å². The van der Waals surface area contributed by atoms with Crippen LogP contribution in [0.25, 0.3) is 10.2 Å². The van der Waals surface area contributed by atoms with Gasteiger partial charge in [0.2, 0.25) is 0 Å². The lowest BCUT2D eigenvalue weighted by Gasteiger charge is -2.12. The molecule has 0 bridgehead atoms. The van der Waals surface area contributed by atoms with Crippen LogP contribution in [-0.2, 0) is 6.42 Å². The van der Waals surface area contributed by atoms with Crippen molar-refractivity contribution in [2.75, 3.05) is 0 Å². The molecule has 2 unspecified atom stereocenters. The van der Waals surface area contributed by atoms with Crippen LogP contribution in [0, 0.1) is 5.92 Å². The third kappa shape index (κ3) is 1.85. The van der Waals surface area contributed by atoms with E-state index in [-0.39, 0.29) is 0 Å². The average molecular weight is 232 g/mol. The van der Waals surface area contributed by atoms with Crippen molar-refractivity contribution in [1.82, 2.24) is 4.98 Å². The maximum Gasteiger partial charge on any atom is 0.0941 e. The number of para-hydroxylation sites is 1. The molecule has 0 radical (unpaired) electrons. The zero-order valence-electron chi connectivity index (χ0n) is 9.23. The van der Waals surface area contributed by atoms with Gasteiger partial charge in [-0.25, -0.2) is 4.98 Å². The van der Waals surface area contributed by atoms with Gasteiger partial charge in [-0.2, -0.15) is 0 Å². The van der Waals surface area contributed by atoms with Gasteiger partial charge in [-0.3, -0.25) is 0 Å². The van der Waals surface area contributed by atoms with Crippen molar-refractivity contribution in [2.24, 2.45) is 11.7 Å². The lowest BCUT2D eigenvalue weighted by Crippen LogP contribution is -2.25. The summed E-state index contributed by atoms with van der Waals surface area (Å²) in [5, 5.41) is 1.25. The van der Waals surface area contributed by atoms with Crippen LogP contribution >= 0.6 is 11.3 Å². The van der Waals surface area contributed by atoms with Gasteiger partial charge >= 0.3 is 0 Å². The van der Waals surface area contributed by atoms with Crippen LogP contribution < -0.4 is 5.73 Å². The summed E-state index contributed by atoms with van der Waals surface area (Å²) in [7, 11) is 0. The highest BCUT2D eigenvalue weighted by Gasteiger charge is 2.24. The number of aromatic nitrogens is 1. The third-order valence-corrected chi connectivity index (χ3v) is 4.55. The van der Waals surface area contributed by atoms with Crippen LogP contribution in [0.1, 0.15) is 24.3 Å². The summed E-state index contributed by atoms with van der Waals surface area (Å²) < 4.78 is 1.30. The molecule has 2 N–H and O–H groups in total. The fraction of sp³-hybridized carbons (Fsp3) is 0.462. The first-order chi connectivity index (χ1) is 7.83. The number of thiazole rings is 1. The standard InChI is InChI=1S/C13H16N2S/c14-10-5-3-4-9(10)8-13-15-11-6-1-2-7-12(11)16-13/h1-2,6-7,9-10H,3-5,8,14H2. The molecule has 16 heavy (non-hydrogen) atoms. The minimum atomic E-state index is 0.395. The fourth-order valence-electron chi connectivity index (χ4n) is 2.55. The van der Waals surface area contributed by atoms with E-state index in [9.17, 15) is 0 Å². The normalized spacial score (nSPS) is 25.3. The number of benzene rings is 1. The molecule has 1 heterocycles. The summed E-state index contributed by atoms with van der Waals surface area (Å²) in [6.07, 6.45) is 4.82. The number of rotatable bonds is 2. The highest BCUT2D eigenvalue weighted by Crippen LogP contribution is 2.30. The molecular weight excluding hydrogens is 216 g/mol. The van der Waals surface area contributed by atoms with E-state index in [1.807, 2.05) is 17.4 Å². The number of hydrogen-bond acceptors (Lipinski definition) is 3. The van der Waals surface area contributed by atoms with Crippen molar-refractivity contribution in [3.8, 4) is 0 Å². The molecule has 1 aliphatic carbocycles. The molecule has 84 valence electrons. The Morgan fingerprint density at radius 1 is 1.31 bits per heavy atom. The van der Waals surface area contributed by atoms with Crippen LogP contribution in [0.5, 0.6) is 0 Å². The first kappa shape index (κ1) is 10.2. The Morgan fingerprint density at radius 3 is 2.94 bits per heavy atom. The molecule has 3 rings (SSSR count). The second-order valence-electron chi connectivity index (χ2n) is 4.63. The van der Waals surface area contributed by atoms with Crippen LogP contribution in [0.2, 0.25) is 0 Å². The summed E-state index contributed by atoms with van der Waals surface area (Å²) in [5.74, 6) is 0.653. The first-order valence-electron chi connectivity index (χ1n) is 5.93. The summed E-state index contributed by atoms with van der Waals surface area (Å²) >= 11 is 1.82. The topological polar surface area (TPSA) is 38.9 Å². The number of hydrogen-bond donors (Lipinski definition) is 1. The molecule has 1 saturated carbocycles. The SMILES string of the molecule is NC1CCCC1Cc1nc2ccccc2s1. The summed E-state index contributed by atoms with van der Waals surface area (Å²) in [5.41, 5.74) is 7.23. The Kier molecular flexibility index (Phi) is 2.65. The van der Waals surface area contributed by atoms with Gasteiger partial charge in [-0.05, 0) is 30.9 Å². The van der Waals surface area contributed by atoms with Gasteiger partial charge in [-0.1, -0.05) is 18.6 Å². The molecule has 2 atom stereocenters. The van der Waals surface area contributed by atoms with E-state index in [0.717, 1.165) is 11.9 Å². The molecule has 2 nitrogen and oxygen atoms in total. The van der Waals surface area contributed by atoms with Crippen molar-refractivity contribution in [3.63, 3.8) is 0 Å². The van der Waals surface area contributed by atoms with E-state index in [2.05, 4.69) is 23.2 Å². The smallest absolute Gasteiger partial charge is 0.0941 e. The largest absolute Gasteiger partial charge is 0.327 e. The van der Waals surface area contributed by atoms with Gasteiger partial charge in [0.1, 0.15) is 0 Å². The molecule has 0 spiro atoms. The molecule has 0 amide bonds. The third-order valence-electron chi connectivity index (χ3n) is 3.49. The van der Waals surface area contributed by atoms with Crippen molar-refractivity contribution < 1.29 is 0 Å². The summed E-state index contributed by atoms with van der Waals surface area (Å²) in [4.78, 5) is 4.67. The van der Waals surface area contributed by atoms with Gasteiger partial charge in [0, 0.05) is 12.5 Å². The highest BCUT2D eigenvalue weighted by atomic mass is 32.1. The average Bonchev–Trinajstić information content (AvgIpc) is 2.85. The van der Waals surface area contributed by atoms with Crippen molar-refractivity contribution >= 4 is 21.6 Å². The molecule has 3 heteroatoms. The Morgan fingerprint density at radius 2 is 2.19 bits per heavy atom.